The molecule has 1 aliphatic carbocycles. The van der Waals surface area contributed by atoms with Gasteiger partial charge >= 0.3 is 0 Å². The Morgan fingerprint density at radius 2 is 2.50 bits per heavy atom. The predicted octanol–water partition coefficient (Wildman–Crippen LogP) is 1.66. The molecule has 0 heterocycles. The van der Waals surface area contributed by atoms with Crippen LogP contribution in [0.1, 0.15) is 13.3 Å². The number of aliphatic hydroxyl groups is 1. The molecule has 1 aliphatic rings. The van der Waals surface area contributed by atoms with Crippen LogP contribution in [0.2, 0.25) is 0 Å². The second-order valence-corrected chi connectivity index (χ2v) is 1.84. The highest BCUT2D eigenvalue weighted by molar-refractivity contribution is 5.21. The van der Waals surface area contributed by atoms with E-state index in [9.17, 15) is 0 Å². The molecule has 0 bridgehead atoms. The van der Waals surface area contributed by atoms with E-state index in [1.807, 2.05) is 6.92 Å². The zero-order valence-electron chi connectivity index (χ0n) is 4.73. The fraction of sp³-hybridized carbons (Fsp3) is 0.286. The third-order valence-corrected chi connectivity index (χ3v) is 0.990. The molecule has 0 saturated heterocycles. The highest BCUT2D eigenvalue weighted by Gasteiger charge is 2.00. The molecule has 41 valence electrons. The van der Waals surface area contributed by atoms with Gasteiger partial charge in [-0.15, -0.1) is 0 Å². The number of rotatable bonds is 0. The van der Waals surface area contributed by atoms with E-state index >= 15 is 0 Å². The first-order valence-electron chi connectivity index (χ1n) is 2.51. The summed E-state index contributed by atoms with van der Waals surface area (Å²) in [6.07, 6.45) is 7.86. The molecule has 0 atom stereocenters. The van der Waals surface area contributed by atoms with Crippen LogP contribution in [0.15, 0.2) is 17.4 Å². The van der Waals surface area contributed by atoms with E-state index in [0.717, 1.165) is 6.42 Å². The molecular weight excluding hydrogens is 100 g/mol. The van der Waals surface area contributed by atoms with Crippen molar-refractivity contribution in [3.8, 4) is 0 Å². The van der Waals surface area contributed by atoms with Crippen molar-refractivity contribution in [1.29, 1.82) is 0 Å². The van der Waals surface area contributed by atoms with Gasteiger partial charge in [0.15, 0.2) is 0 Å². The van der Waals surface area contributed by atoms with Crippen molar-refractivity contribution < 1.29 is 5.11 Å². The topological polar surface area (TPSA) is 20.2 Å². The smallest absolute Gasteiger partial charge is 0.109 e. The van der Waals surface area contributed by atoms with E-state index in [4.69, 9.17) is 5.11 Å². The first kappa shape index (κ1) is 5.42. The SMILES string of the molecule is CC1=C[C]=C(O)[C]C1. The summed E-state index contributed by atoms with van der Waals surface area (Å²) in [6.45, 7) is 1.98. The monoisotopic (exact) mass is 107 g/mol. The Balaban J connectivity index is 2.65. The maximum Gasteiger partial charge on any atom is 0.109 e. The molecule has 1 N–H and O–H groups in total. The van der Waals surface area contributed by atoms with Gasteiger partial charge in [0, 0.05) is 6.08 Å². The van der Waals surface area contributed by atoms with Crippen molar-refractivity contribution in [1.82, 2.24) is 0 Å². The molecule has 0 aromatic rings. The first-order chi connectivity index (χ1) is 3.79. The summed E-state index contributed by atoms with van der Waals surface area (Å²) in [5.41, 5.74) is 1.18. The molecule has 3 radical (unpaired) electrons. The van der Waals surface area contributed by atoms with Crippen LogP contribution < -0.4 is 0 Å². The molecule has 1 rings (SSSR count). The zero-order chi connectivity index (χ0) is 5.98. The molecule has 0 amide bonds. The van der Waals surface area contributed by atoms with Gasteiger partial charge in [-0.1, -0.05) is 11.6 Å². The summed E-state index contributed by atoms with van der Waals surface area (Å²) < 4.78 is 0. The molecule has 1 heteroatoms. The minimum absolute atomic E-state index is 0.135. The summed E-state index contributed by atoms with van der Waals surface area (Å²) in [7, 11) is 0. The molecule has 0 fully saturated rings. The molecule has 0 aromatic carbocycles. The van der Waals surface area contributed by atoms with Crippen molar-refractivity contribution in [2.24, 2.45) is 0 Å². The van der Waals surface area contributed by atoms with E-state index in [1.54, 1.807) is 6.08 Å². The van der Waals surface area contributed by atoms with Crippen LogP contribution in [0.5, 0.6) is 0 Å². The van der Waals surface area contributed by atoms with Gasteiger partial charge in [0.2, 0.25) is 0 Å². The van der Waals surface area contributed by atoms with E-state index in [1.165, 1.54) is 5.57 Å². The van der Waals surface area contributed by atoms with Crippen LogP contribution in [0.4, 0.5) is 0 Å². The second-order valence-electron chi connectivity index (χ2n) is 1.84. The fourth-order valence-corrected chi connectivity index (χ4v) is 0.517. The average Bonchev–Trinajstić information content (AvgIpc) is 1.77. The van der Waals surface area contributed by atoms with Gasteiger partial charge in [0.05, 0.1) is 6.42 Å². The molecule has 0 aliphatic heterocycles. The zero-order valence-corrected chi connectivity index (χ0v) is 4.73. The highest BCUT2D eigenvalue weighted by Crippen LogP contribution is 2.12. The number of aliphatic hydroxyl groups excluding tert-OH is 1. The van der Waals surface area contributed by atoms with Gasteiger partial charge in [0.1, 0.15) is 5.76 Å². The summed E-state index contributed by atoms with van der Waals surface area (Å²) in [5.74, 6) is 0.135. The quantitative estimate of drug-likeness (QED) is 0.499. The lowest BCUT2D eigenvalue weighted by atomic mass is 10.1. The van der Waals surface area contributed by atoms with Crippen molar-refractivity contribution >= 4 is 0 Å². The first-order valence-corrected chi connectivity index (χ1v) is 2.51. The lowest BCUT2D eigenvalue weighted by Gasteiger charge is -2.02. The van der Waals surface area contributed by atoms with Crippen LogP contribution in [0.3, 0.4) is 0 Å². The van der Waals surface area contributed by atoms with Crippen molar-refractivity contribution in [3.05, 3.63) is 29.9 Å². The van der Waals surface area contributed by atoms with Crippen LogP contribution in [-0.4, -0.2) is 5.11 Å². The van der Waals surface area contributed by atoms with Crippen LogP contribution >= 0.6 is 0 Å². The van der Waals surface area contributed by atoms with Crippen LogP contribution in [-0.2, 0) is 0 Å². The van der Waals surface area contributed by atoms with E-state index in [0.29, 0.717) is 0 Å². The molecule has 0 saturated carbocycles. The Bertz CT molecular complexity index is 124. The largest absolute Gasteiger partial charge is 0.511 e. The lowest BCUT2D eigenvalue weighted by Crippen LogP contribution is -1.89. The molecule has 0 aromatic heterocycles. The highest BCUT2D eigenvalue weighted by atomic mass is 16.3. The standard InChI is InChI=1S/C7H7O/c1-6-2-4-7(8)5-3-6/h2,8H,3H2,1H3. The Morgan fingerprint density at radius 3 is 2.88 bits per heavy atom. The molecule has 0 spiro atoms. The number of hydrogen-bond acceptors (Lipinski definition) is 1. The second kappa shape index (κ2) is 2.03. The van der Waals surface area contributed by atoms with Crippen molar-refractivity contribution in [3.63, 3.8) is 0 Å². The van der Waals surface area contributed by atoms with E-state index in [-0.39, 0.29) is 5.76 Å². The van der Waals surface area contributed by atoms with Crippen LogP contribution in [0.25, 0.3) is 0 Å². The van der Waals surface area contributed by atoms with Crippen molar-refractivity contribution in [2.45, 2.75) is 13.3 Å². The maximum absolute atomic E-state index is 8.68. The Hall–Kier alpha value is -0.720. The Kier molecular flexibility index (Phi) is 1.38. The van der Waals surface area contributed by atoms with Gasteiger partial charge in [0.25, 0.3) is 0 Å². The number of allylic oxidation sites excluding steroid dienone is 4. The Labute approximate surface area is 49.3 Å². The van der Waals surface area contributed by atoms with Gasteiger partial charge in [-0.25, -0.2) is 0 Å². The van der Waals surface area contributed by atoms with Gasteiger partial charge in [-0.3, -0.25) is 0 Å². The predicted molar refractivity (Wildman–Crippen MR) is 31.0 cm³/mol. The van der Waals surface area contributed by atoms with E-state index < -0.39 is 0 Å². The molecular formula is C7H7O. The third kappa shape index (κ3) is 1.12. The Morgan fingerprint density at radius 1 is 1.75 bits per heavy atom. The van der Waals surface area contributed by atoms with Gasteiger partial charge in [-0.05, 0) is 13.3 Å². The summed E-state index contributed by atoms with van der Waals surface area (Å²) in [5, 5.41) is 8.68. The third-order valence-electron chi connectivity index (χ3n) is 0.990. The lowest BCUT2D eigenvalue weighted by molar-refractivity contribution is 0.414. The van der Waals surface area contributed by atoms with Crippen LogP contribution in [0, 0.1) is 12.5 Å². The molecule has 1 nitrogen and oxygen atoms in total. The maximum atomic E-state index is 8.68. The summed E-state index contributed by atoms with van der Waals surface area (Å²) in [4.78, 5) is 0. The molecule has 8 heavy (non-hydrogen) atoms. The minimum atomic E-state index is 0.135. The molecule has 0 unspecified atom stereocenters. The summed E-state index contributed by atoms with van der Waals surface area (Å²) in [6, 6.07) is 0. The van der Waals surface area contributed by atoms with Gasteiger partial charge < -0.3 is 5.11 Å². The summed E-state index contributed by atoms with van der Waals surface area (Å²) >= 11 is 0. The fourth-order valence-electron chi connectivity index (χ4n) is 0.517. The number of hydrogen-bond donors (Lipinski definition) is 1. The van der Waals surface area contributed by atoms with Crippen molar-refractivity contribution in [2.75, 3.05) is 0 Å². The van der Waals surface area contributed by atoms with E-state index in [2.05, 4.69) is 12.5 Å². The normalized spacial score (nSPS) is 19.6. The average molecular weight is 107 g/mol. The van der Waals surface area contributed by atoms with Gasteiger partial charge in [-0.2, -0.15) is 0 Å². The minimum Gasteiger partial charge on any atom is -0.511 e.